The van der Waals surface area contributed by atoms with Gasteiger partial charge in [0.1, 0.15) is 0 Å². The number of ether oxygens (including phenoxy) is 1. The van der Waals surface area contributed by atoms with Crippen LogP contribution in [0.3, 0.4) is 0 Å². The van der Waals surface area contributed by atoms with Crippen molar-refractivity contribution in [3.63, 3.8) is 0 Å². The summed E-state index contributed by atoms with van der Waals surface area (Å²) in [6.45, 7) is 2.63. The molecule has 1 aliphatic rings. The average Bonchev–Trinajstić information content (AvgIpc) is 3.04. The van der Waals surface area contributed by atoms with E-state index in [1.165, 1.54) is 11.3 Å². The molecule has 0 aromatic carbocycles. The van der Waals surface area contributed by atoms with E-state index >= 15 is 0 Å². The number of rotatable bonds is 6. The van der Waals surface area contributed by atoms with Crippen LogP contribution < -0.4 is 0 Å². The molecule has 0 aliphatic heterocycles. The smallest absolute Gasteiger partial charge is 0.307 e. The number of carbonyl (C=O) groups is 2. The molecule has 1 heterocycles. The Labute approximate surface area is 111 Å². The Kier molecular flexibility index (Phi) is 4.36. The fourth-order valence-electron chi connectivity index (χ4n) is 1.82. The van der Waals surface area contributed by atoms with E-state index in [0.29, 0.717) is 19.2 Å². The lowest BCUT2D eigenvalue weighted by Crippen LogP contribution is -2.34. The van der Waals surface area contributed by atoms with Crippen molar-refractivity contribution in [3.8, 4) is 0 Å². The zero-order valence-electron chi connectivity index (χ0n) is 10.4. The first-order chi connectivity index (χ1) is 8.72. The van der Waals surface area contributed by atoms with Crippen LogP contribution in [-0.2, 0) is 9.53 Å². The predicted molar refractivity (Wildman–Crippen MR) is 69.6 cm³/mol. The second kappa shape index (κ2) is 6.00. The lowest BCUT2D eigenvalue weighted by molar-refractivity contribution is -0.143. The van der Waals surface area contributed by atoms with Crippen LogP contribution in [0.5, 0.6) is 0 Å². The van der Waals surface area contributed by atoms with E-state index in [9.17, 15) is 9.59 Å². The molecule has 0 bridgehead atoms. The fourth-order valence-corrected chi connectivity index (χ4v) is 2.50. The van der Waals surface area contributed by atoms with Crippen LogP contribution in [-0.4, -0.2) is 36.0 Å². The van der Waals surface area contributed by atoms with E-state index in [1.54, 1.807) is 6.92 Å². The van der Waals surface area contributed by atoms with Gasteiger partial charge in [-0.05, 0) is 31.2 Å². The monoisotopic (exact) mass is 267 g/mol. The summed E-state index contributed by atoms with van der Waals surface area (Å²) in [7, 11) is 0. The summed E-state index contributed by atoms with van der Waals surface area (Å²) in [4.78, 5) is 26.1. The normalized spacial score (nSPS) is 14.3. The Morgan fingerprint density at radius 1 is 1.50 bits per heavy atom. The van der Waals surface area contributed by atoms with Crippen LogP contribution in [0.15, 0.2) is 17.5 Å². The maximum atomic E-state index is 12.2. The van der Waals surface area contributed by atoms with Gasteiger partial charge in [-0.2, -0.15) is 0 Å². The van der Waals surface area contributed by atoms with E-state index in [0.717, 1.165) is 17.7 Å². The van der Waals surface area contributed by atoms with Crippen molar-refractivity contribution in [1.82, 2.24) is 4.90 Å². The fraction of sp³-hybridized carbons (Fsp3) is 0.538. The third-order valence-electron chi connectivity index (χ3n) is 2.84. The molecule has 1 amide bonds. The van der Waals surface area contributed by atoms with E-state index in [2.05, 4.69) is 0 Å². The standard InChI is InChI=1S/C13H17NO3S/c1-2-17-12(15)7-8-14(10-5-6-10)13(16)11-4-3-9-18-11/h3-4,9-10H,2,5-8H2,1H3. The molecule has 98 valence electrons. The Morgan fingerprint density at radius 2 is 2.28 bits per heavy atom. The minimum absolute atomic E-state index is 0.0387. The molecule has 0 radical (unpaired) electrons. The van der Waals surface area contributed by atoms with Crippen molar-refractivity contribution in [3.05, 3.63) is 22.4 Å². The molecule has 5 heteroatoms. The number of carbonyl (C=O) groups excluding carboxylic acids is 2. The minimum Gasteiger partial charge on any atom is -0.466 e. The summed E-state index contributed by atoms with van der Waals surface area (Å²) >= 11 is 1.44. The van der Waals surface area contributed by atoms with Gasteiger partial charge in [0.15, 0.2) is 0 Å². The van der Waals surface area contributed by atoms with Gasteiger partial charge in [0, 0.05) is 12.6 Å². The number of amides is 1. The van der Waals surface area contributed by atoms with Crippen LogP contribution >= 0.6 is 11.3 Å². The summed E-state index contributed by atoms with van der Waals surface area (Å²) in [6.07, 6.45) is 2.36. The molecule has 1 saturated carbocycles. The van der Waals surface area contributed by atoms with Gasteiger partial charge in [-0.25, -0.2) is 0 Å². The molecule has 4 nitrogen and oxygen atoms in total. The van der Waals surface area contributed by atoms with Crippen LogP contribution in [0.2, 0.25) is 0 Å². The number of hydrogen-bond donors (Lipinski definition) is 0. The summed E-state index contributed by atoms with van der Waals surface area (Å²) in [5.74, 6) is -0.195. The molecular weight excluding hydrogens is 250 g/mol. The number of hydrogen-bond acceptors (Lipinski definition) is 4. The average molecular weight is 267 g/mol. The quantitative estimate of drug-likeness (QED) is 0.743. The summed E-state index contributed by atoms with van der Waals surface area (Å²) in [5, 5.41) is 1.89. The molecule has 2 rings (SSSR count). The highest BCUT2D eigenvalue weighted by Crippen LogP contribution is 2.29. The molecule has 1 aromatic rings. The van der Waals surface area contributed by atoms with Gasteiger partial charge in [-0.1, -0.05) is 6.07 Å². The highest BCUT2D eigenvalue weighted by molar-refractivity contribution is 7.12. The zero-order valence-corrected chi connectivity index (χ0v) is 11.2. The van der Waals surface area contributed by atoms with E-state index < -0.39 is 0 Å². The molecular formula is C13H17NO3S. The van der Waals surface area contributed by atoms with Crippen molar-refractivity contribution in [2.75, 3.05) is 13.2 Å². The summed E-state index contributed by atoms with van der Waals surface area (Å²) in [5.41, 5.74) is 0. The molecule has 0 atom stereocenters. The number of esters is 1. The summed E-state index contributed by atoms with van der Waals surface area (Å²) < 4.78 is 4.89. The van der Waals surface area contributed by atoms with Crippen molar-refractivity contribution >= 4 is 23.2 Å². The Bertz CT molecular complexity index is 412. The van der Waals surface area contributed by atoms with Crippen LogP contribution in [0.1, 0.15) is 35.9 Å². The molecule has 0 spiro atoms. The van der Waals surface area contributed by atoms with Gasteiger partial charge in [-0.3, -0.25) is 9.59 Å². The van der Waals surface area contributed by atoms with Crippen molar-refractivity contribution < 1.29 is 14.3 Å². The van der Waals surface area contributed by atoms with Gasteiger partial charge in [0.25, 0.3) is 5.91 Å². The van der Waals surface area contributed by atoms with Gasteiger partial charge in [-0.15, -0.1) is 11.3 Å². The molecule has 0 N–H and O–H groups in total. The van der Waals surface area contributed by atoms with Gasteiger partial charge in [0.2, 0.25) is 0 Å². The molecule has 1 fully saturated rings. The Morgan fingerprint density at radius 3 is 2.83 bits per heavy atom. The highest BCUT2D eigenvalue weighted by atomic mass is 32.1. The minimum atomic E-state index is -0.234. The van der Waals surface area contributed by atoms with E-state index in [-0.39, 0.29) is 18.3 Å². The van der Waals surface area contributed by atoms with Gasteiger partial charge in [0.05, 0.1) is 17.9 Å². The van der Waals surface area contributed by atoms with Gasteiger partial charge < -0.3 is 9.64 Å². The van der Waals surface area contributed by atoms with Crippen molar-refractivity contribution in [2.45, 2.75) is 32.2 Å². The lowest BCUT2D eigenvalue weighted by Gasteiger charge is -2.21. The lowest BCUT2D eigenvalue weighted by atomic mass is 10.3. The third kappa shape index (κ3) is 3.32. The Balaban J connectivity index is 1.92. The zero-order chi connectivity index (χ0) is 13.0. The van der Waals surface area contributed by atoms with E-state index in [4.69, 9.17) is 4.74 Å². The van der Waals surface area contributed by atoms with Crippen LogP contribution in [0.25, 0.3) is 0 Å². The second-order valence-corrected chi connectivity index (χ2v) is 5.21. The molecule has 0 unspecified atom stereocenters. The van der Waals surface area contributed by atoms with Crippen LogP contribution in [0, 0.1) is 0 Å². The van der Waals surface area contributed by atoms with Gasteiger partial charge >= 0.3 is 5.97 Å². The number of thiophene rings is 1. The Hall–Kier alpha value is -1.36. The maximum absolute atomic E-state index is 12.2. The number of nitrogens with zero attached hydrogens (tertiary/aromatic N) is 1. The summed E-state index contributed by atoms with van der Waals surface area (Å²) in [6, 6.07) is 4.01. The molecule has 18 heavy (non-hydrogen) atoms. The van der Waals surface area contributed by atoms with Crippen LogP contribution in [0.4, 0.5) is 0 Å². The molecule has 1 aliphatic carbocycles. The molecule has 1 aromatic heterocycles. The first-order valence-electron chi connectivity index (χ1n) is 6.22. The SMILES string of the molecule is CCOC(=O)CCN(C(=O)c1cccs1)C1CC1. The predicted octanol–water partition coefficient (Wildman–Crippen LogP) is 2.31. The van der Waals surface area contributed by atoms with Crippen molar-refractivity contribution in [1.29, 1.82) is 0 Å². The maximum Gasteiger partial charge on any atom is 0.307 e. The largest absolute Gasteiger partial charge is 0.466 e. The highest BCUT2D eigenvalue weighted by Gasteiger charge is 2.33. The molecule has 0 saturated heterocycles. The van der Waals surface area contributed by atoms with E-state index in [1.807, 2.05) is 22.4 Å². The topological polar surface area (TPSA) is 46.6 Å². The first-order valence-corrected chi connectivity index (χ1v) is 7.10. The second-order valence-electron chi connectivity index (χ2n) is 4.26. The third-order valence-corrected chi connectivity index (χ3v) is 3.70. The first kappa shape index (κ1) is 13.1. The van der Waals surface area contributed by atoms with Crippen molar-refractivity contribution in [2.24, 2.45) is 0 Å².